The van der Waals surface area contributed by atoms with Gasteiger partial charge in [0, 0.05) is 6.42 Å². The molecule has 3 aromatic rings. The average Bonchev–Trinajstić information content (AvgIpc) is 3.02. The average molecular weight is 628 g/mol. The van der Waals surface area contributed by atoms with Crippen LogP contribution in [0.1, 0.15) is 17.5 Å². The summed E-state index contributed by atoms with van der Waals surface area (Å²) in [7, 11) is -4.63. The molecule has 44 heavy (non-hydrogen) atoms. The van der Waals surface area contributed by atoms with Crippen molar-refractivity contribution in [3.63, 3.8) is 0 Å². The maximum Gasteiger partial charge on any atom is 0.472 e. The molecule has 0 aromatic heterocycles. The van der Waals surface area contributed by atoms with Gasteiger partial charge in [-0.2, -0.15) is 0 Å². The second-order valence-electron chi connectivity index (χ2n) is 9.72. The van der Waals surface area contributed by atoms with E-state index >= 15 is 0 Å². The second-order valence-corrected chi connectivity index (χ2v) is 11.2. The first-order valence-electron chi connectivity index (χ1n) is 13.8. The summed E-state index contributed by atoms with van der Waals surface area (Å²) in [6.07, 6.45) is 1.86. The van der Waals surface area contributed by atoms with E-state index in [1.807, 2.05) is 78.9 Å². The zero-order valence-electron chi connectivity index (χ0n) is 23.7. The van der Waals surface area contributed by atoms with Crippen molar-refractivity contribution in [2.45, 2.75) is 37.7 Å². The van der Waals surface area contributed by atoms with Crippen LogP contribution in [0.5, 0.6) is 17.2 Å². The molecule has 0 radical (unpaired) electrons. The maximum absolute atomic E-state index is 12.7. The molecule has 234 valence electrons. The van der Waals surface area contributed by atoms with Gasteiger partial charge in [0.2, 0.25) is 0 Å². The number of hydrogen-bond acceptors (Lipinski definition) is 10. The Kier molecular flexibility index (Phi) is 12.1. The minimum absolute atomic E-state index is 0.0351. The van der Waals surface area contributed by atoms with Gasteiger partial charge in [-0.25, -0.2) is 4.57 Å². The van der Waals surface area contributed by atoms with Crippen molar-refractivity contribution >= 4 is 19.8 Å². The molecule has 0 aliphatic carbocycles. The Morgan fingerprint density at radius 3 is 2.55 bits per heavy atom. The lowest BCUT2D eigenvalue weighted by molar-refractivity contribution is -0.155. The van der Waals surface area contributed by atoms with Crippen molar-refractivity contribution in [2.75, 3.05) is 19.8 Å². The number of nitrogens with two attached hydrogens (primary N) is 1. The van der Waals surface area contributed by atoms with Gasteiger partial charge in [0.15, 0.2) is 0 Å². The quantitative estimate of drug-likeness (QED) is 0.116. The van der Waals surface area contributed by atoms with Gasteiger partial charge in [0.1, 0.15) is 42.1 Å². The molecular formula is C31H34NO11P. The Labute approximate surface area is 254 Å². The monoisotopic (exact) mass is 627 g/mol. The molecule has 0 amide bonds. The third-order valence-electron chi connectivity index (χ3n) is 6.35. The van der Waals surface area contributed by atoms with Crippen molar-refractivity contribution < 1.29 is 52.1 Å². The van der Waals surface area contributed by atoms with E-state index in [-0.39, 0.29) is 13.0 Å². The number of carbonyl (C=O) groups is 2. The van der Waals surface area contributed by atoms with E-state index in [0.717, 1.165) is 16.9 Å². The summed E-state index contributed by atoms with van der Waals surface area (Å²) in [5.41, 5.74) is 7.00. The normalized spacial score (nSPS) is 18.1. The summed E-state index contributed by atoms with van der Waals surface area (Å²) in [4.78, 5) is 33.4. The molecule has 0 fully saturated rings. The van der Waals surface area contributed by atoms with E-state index in [9.17, 15) is 19.0 Å². The van der Waals surface area contributed by atoms with Crippen LogP contribution in [0.4, 0.5) is 0 Å². The zero-order chi connectivity index (χ0) is 31.4. The number of rotatable bonds is 16. The highest BCUT2D eigenvalue weighted by atomic mass is 31.2. The number of carboxylic acid groups (broad SMARTS) is 1. The Morgan fingerprint density at radius 2 is 1.75 bits per heavy atom. The van der Waals surface area contributed by atoms with E-state index in [2.05, 4.69) is 4.52 Å². The van der Waals surface area contributed by atoms with E-state index in [4.69, 9.17) is 34.3 Å². The van der Waals surface area contributed by atoms with Gasteiger partial charge < -0.3 is 34.7 Å². The SMILES string of the molecule is N[C@@H](COP(=O)(O)OC[C@H]1OCC=C[C@@H]1OC(=O)CCc1ccccc1OCc1cccc(Oc2ccccc2)c1)C(=O)O. The molecule has 1 aliphatic heterocycles. The largest absolute Gasteiger partial charge is 0.489 e. The number of esters is 1. The number of phosphoric ester groups is 1. The molecule has 0 saturated carbocycles. The van der Waals surface area contributed by atoms with Gasteiger partial charge in [-0.3, -0.25) is 18.6 Å². The number of carbonyl (C=O) groups excluding carboxylic acids is 1. The van der Waals surface area contributed by atoms with Gasteiger partial charge in [-0.15, -0.1) is 0 Å². The second kappa shape index (κ2) is 16.2. The topological polar surface area (TPSA) is 173 Å². The Hall–Kier alpha value is -4.03. The molecule has 1 unspecified atom stereocenters. The molecule has 1 aliphatic rings. The Balaban J connectivity index is 1.27. The highest BCUT2D eigenvalue weighted by Crippen LogP contribution is 2.43. The van der Waals surface area contributed by atoms with E-state index < -0.39 is 51.2 Å². The predicted octanol–water partition coefficient (Wildman–Crippen LogP) is 4.40. The summed E-state index contributed by atoms with van der Waals surface area (Å²) < 4.78 is 44.7. The molecular weight excluding hydrogens is 593 g/mol. The van der Waals surface area contributed by atoms with E-state index in [1.165, 1.54) is 0 Å². The summed E-state index contributed by atoms with van der Waals surface area (Å²) in [6.45, 7) is -0.714. The van der Waals surface area contributed by atoms with E-state index in [0.29, 0.717) is 24.5 Å². The Morgan fingerprint density at radius 1 is 1.00 bits per heavy atom. The number of phosphoric acid groups is 1. The molecule has 0 bridgehead atoms. The third kappa shape index (κ3) is 10.6. The molecule has 12 nitrogen and oxygen atoms in total. The first kappa shape index (κ1) is 32.9. The minimum Gasteiger partial charge on any atom is -0.489 e. The van der Waals surface area contributed by atoms with Crippen LogP contribution in [0.15, 0.2) is 91.0 Å². The third-order valence-corrected chi connectivity index (χ3v) is 7.30. The molecule has 0 spiro atoms. The molecule has 4 atom stereocenters. The van der Waals surface area contributed by atoms with Crippen molar-refractivity contribution in [3.05, 3.63) is 102 Å². The molecule has 4 N–H and O–H groups in total. The predicted molar refractivity (Wildman–Crippen MR) is 158 cm³/mol. The number of hydrogen-bond donors (Lipinski definition) is 3. The van der Waals surface area contributed by atoms with Gasteiger partial charge in [-0.1, -0.05) is 54.6 Å². The summed E-state index contributed by atoms with van der Waals surface area (Å²) in [6, 6.07) is 23.0. The lowest BCUT2D eigenvalue weighted by Gasteiger charge is -2.28. The highest BCUT2D eigenvalue weighted by molar-refractivity contribution is 7.47. The van der Waals surface area contributed by atoms with Crippen molar-refractivity contribution in [1.29, 1.82) is 0 Å². The first-order valence-corrected chi connectivity index (χ1v) is 15.3. The molecule has 3 aromatic carbocycles. The van der Waals surface area contributed by atoms with Gasteiger partial charge in [-0.05, 0) is 54.0 Å². The van der Waals surface area contributed by atoms with Crippen LogP contribution in [0.3, 0.4) is 0 Å². The Bertz CT molecular complexity index is 1470. The van der Waals surface area contributed by atoms with Crippen LogP contribution in [-0.2, 0) is 45.7 Å². The molecule has 0 saturated heterocycles. The molecule has 4 rings (SSSR count). The number of carboxylic acids is 1. The van der Waals surface area contributed by atoms with Crippen LogP contribution in [0.2, 0.25) is 0 Å². The smallest absolute Gasteiger partial charge is 0.472 e. The zero-order valence-corrected chi connectivity index (χ0v) is 24.6. The number of aliphatic carboxylic acids is 1. The van der Waals surface area contributed by atoms with Gasteiger partial charge >= 0.3 is 19.8 Å². The van der Waals surface area contributed by atoms with E-state index in [1.54, 1.807) is 12.2 Å². The van der Waals surface area contributed by atoms with Gasteiger partial charge in [0.05, 0.1) is 19.8 Å². The van der Waals surface area contributed by atoms with Crippen LogP contribution >= 0.6 is 7.82 Å². The van der Waals surface area contributed by atoms with Gasteiger partial charge in [0.25, 0.3) is 0 Å². The van der Waals surface area contributed by atoms with Crippen LogP contribution in [0, 0.1) is 0 Å². The van der Waals surface area contributed by atoms with Crippen LogP contribution in [-0.4, -0.2) is 60.0 Å². The van der Waals surface area contributed by atoms with Crippen molar-refractivity contribution in [1.82, 2.24) is 0 Å². The molecule has 1 heterocycles. The minimum atomic E-state index is -4.63. The van der Waals surface area contributed by atoms with Crippen LogP contribution < -0.4 is 15.2 Å². The fourth-order valence-electron chi connectivity index (χ4n) is 4.08. The van der Waals surface area contributed by atoms with Crippen LogP contribution in [0.25, 0.3) is 0 Å². The van der Waals surface area contributed by atoms with Crippen molar-refractivity contribution in [2.24, 2.45) is 5.73 Å². The number of ether oxygens (including phenoxy) is 4. The summed E-state index contributed by atoms with van der Waals surface area (Å²) >= 11 is 0. The highest BCUT2D eigenvalue weighted by Gasteiger charge is 2.31. The summed E-state index contributed by atoms with van der Waals surface area (Å²) in [5, 5.41) is 8.78. The number of aryl methyl sites for hydroxylation is 1. The number of para-hydroxylation sites is 2. The fourth-order valence-corrected chi connectivity index (χ4v) is 4.84. The first-order chi connectivity index (χ1) is 21.2. The van der Waals surface area contributed by atoms with Crippen molar-refractivity contribution in [3.8, 4) is 17.2 Å². The number of benzene rings is 3. The summed E-state index contributed by atoms with van der Waals surface area (Å²) in [5.74, 6) is 0.132. The maximum atomic E-state index is 12.7. The lowest BCUT2D eigenvalue weighted by Crippen LogP contribution is -2.38. The molecule has 13 heteroatoms. The lowest BCUT2D eigenvalue weighted by atomic mass is 10.1. The standard InChI is InChI=1S/C31H34NO11P/c32-26(31(34)35)20-40-44(36,37)41-21-29-28(14-7-17-38-29)43-30(33)16-15-23-9-4-5-13-27(23)39-19-22-8-6-12-25(18-22)42-24-10-2-1-3-11-24/h1-14,18,26,28-29H,15-17,19-21,32H2,(H,34,35)(H,36,37)/t26-,28-,29+/m0/s1. The fraction of sp³-hybridized carbons (Fsp3) is 0.290.